The number of benzene rings is 10. The van der Waals surface area contributed by atoms with Crippen LogP contribution in [0.2, 0.25) is 0 Å². The van der Waals surface area contributed by atoms with Gasteiger partial charge >= 0.3 is 65.4 Å². The molecular weight excluding hydrogens is 1820 g/mol. The number of H-pyrrole nitrogens is 1. The maximum Gasteiger partial charge on any atom is 0.343 e. The van der Waals surface area contributed by atoms with E-state index < -0.39 is 325 Å². The maximum absolute atomic E-state index is 15.3. The first-order chi connectivity index (χ1) is 63.5. The molecule has 3 heterocycles. The zero-order chi connectivity index (χ0) is 99.0. The van der Waals surface area contributed by atoms with Gasteiger partial charge in [-0.05, 0) is 121 Å². The number of rotatable bonds is 21. The molecular formula is C83H60N4O48. The fourth-order valence-corrected chi connectivity index (χ4v) is 12.1. The summed E-state index contributed by atoms with van der Waals surface area (Å²) >= 11 is 0. The monoisotopic (exact) mass is 1880 g/mol. The van der Waals surface area contributed by atoms with Crippen molar-refractivity contribution < 1.29 is 228 Å². The van der Waals surface area contributed by atoms with E-state index in [9.17, 15) is 171 Å². The van der Waals surface area contributed by atoms with Crippen molar-refractivity contribution in [3.63, 3.8) is 0 Å². The number of aromatic nitrogens is 4. The van der Waals surface area contributed by atoms with Crippen molar-refractivity contribution in [2.45, 2.75) is 30.7 Å². The SMILES string of the molecule is Cn1c(=O)c2[nH]cnc2n(C)c1=O.O=C(OC[C@H]1O[C@@H](OC(=O)c2cc(O)c(O)c(OC(=O)c3cc(O)c(O)c(O)c3)c2)[C@H](OC(=O)c2cc(O)c(O)c(OC(=O)c3cc(O)c(O)c(O)c3)c2)[C@@H](OC(=O)c2cc(O)c(O)c(OC(=O)c3cc(O)c(O)c(O)c3)c2)[C@@H]1OC(=O)c1cc(O)c(O)c(OC(=O)c2cc(O)c(O)c(O)c2)c1)c1cc(O)c(O)c(OC(=O)c2cc(O)c(O)c(O)c2)c1. The van der Waals surface area contributed by atoms with Crippen LogP contribution in [0, 0.1) is 0 Å². The van der Waals surface area contributed by atoms with E-state index in [4.69, 9.17) is 52.1 Å². The van der Waals surface area contributed by atoms with Crippen LogP contribution >= 0.6 is 0 Å². The van der Waals surface area contributed by atoms with Crippen LogP contribution in [0.25, 0.3) is 11.2 Å². The quantitative estimate of drug-likeness (QED) is 0.0210. The summed E-state index contributed by atoms with van der Waals surface area (Å²) < 4.78 is 62.8. The number of nitrogens with one attached hydrogen (secondary N) is 1. The van der Waals surface area contributed by atoms with Crippen LogP contribution in [0.1, 0.15) is 104 Å². The Kier molecular flexibility index (Phi) is 25.9. The molecule has 12 aromatic rings. The van der Waals surface area contributed by atoms with E-state index in [0.29, 0.717) is 132 Å². The summed E-state index contributed by atoms with van der Waals surface area (Å²) in [5, 5.41) is 261. The molecule has 135 heavy (non-hydrogen) atoms. The van der Waals surface area contributed by atoms with Gasteiger partial charge in [-0.15, -0.1) is 0 Å². The number of nitrogens with zero attached hydrogens (tertiary/aromatic N) is 3. The molecule has 0 spiro atoms. The lowest BCUT2D eigenvalue weighted by Gasteiger charge is -2.43. The minimum absolute atomic E-state index is 0.295. The number of carbonyl (C=O) groups is 10. The van der Waals surface area contributed by atoms with E-state index >= 15 is 14.4 Å². The molecule has 5 atom stereocenters. The highest BCUT2D eigenvalue weighted by Gasteiger charge is 2.55. The van der Waals surface area contributed by atoms with Gasteiger partial charge in [-0.3, -0.25) is 13.9 Å². The van der Waals surface area contributed by atoms with Crippen molar-refractivity contribution in [3.8, 4) is 172 Å². The van der Waals surface area contributed by atoms with Gasteiger partial charge in [0, 0.05) is 14.1 Å². The van der Waals surface area contributed by atoms with E-state index in [1.165, 1.54) is 17.9 Å². The van der Waals surface area contributed by atoms with Crippen molar-refractivity contribution in [2.24, 2.45) is 14.1 Å². The molecule has 26 N–H and O–H groups in total. The van der Waals surface area contributed by atoms with Crippen LogP contribution in [0.15, 0.2) is 137 Å². The van der Waals surface area contributed by atoms with Gasteiger partial charge < -0.3 is 185 Å². The first kappa shape index (κ1) is 94.1. The van der Waals surface area contributed by atoms with E-state index in [-0.39, 0.29) is 11.2 Å². The molecule has 1 fully saturated rings. The van der Waals surface area contributed by atoms with Crippen LogP contribution < -0.4 is 34.9 Å². The first-order valence-corrected chi connectivity index (χ1v) is 36.9. The molecule has 1 aliphatic heterocycles. The van der Waals surface area contributed by atoms with Gasteiger partial charge in [-0.2, -0.15) is 0 Å². The summed E-state index contributed by atoms with van der Waals surface area (Å²) in [6.07, 6.45) is -13.7. The van der Waals surface area contributed by atoms with E-state index in [2.05, 4.69) is 9.97 Å². The molecule has 0 unspecified atom stereocenters. The van der Waals surface area contributed by atoms with Crippen LogP contribution in [0.5, 0.6) is 172 Å². The number of hydrogen-bond acceptors (Lipinski definition) is 49. The number of hydrogen-bond donors (Lipinski definition) is 26. The predicted molar refractivity (Wildman–Crippen MR) is 429 cm³/mol. The molecule has 0 aliphatic carbocycles. The second kappa shape index (κ2) is 37.1. The Morgan fingerprint density at radius 2 is 0.511 bits per heavy atom. The summed E-state index contributed by atoms with van der Waals surface area (Å²) in [5.74, 6) is -56.0. The Balaban J connectivity index is 0.00000115. The zero-order valence-electron chi connectivity index (χ0n) is 67.1. The molecule has 13 rings (SSSR count). The fourth-order valence-electron chi connectivity index (χ4n) is 12.1. The maximum atomic E-state index is 15.3. The molecule has 0 amide bonds. The van der Waals surface area contributed by atoms with Crippen LogP contribution in [0.4, 0.5) is 0 Å². The third kappa shape index (κ3) is 19.5. The highest BCUT2D eigenvalue weighted by molar-refractivity contribution is 6.00. The number of phenolic OH excluding ortho intramolecular Hbond substituents is 25. The zero-order valence-corrected chi connectivity index (χ0v) is 67.1. The van der Waals surface area contributed by atoms with Gasteiger partial charge in [0.2, 0.25) is 41.1 Å². The van der Waals surface area contributed by atoms with Crippen LogP contribution in [-0.2, 0) is 42.5 Å². The summed E-state index contributed by atoms with van der Waals surface area (Å²) in [6.45, 7) is -1.71. The minimum Gasteiger partial charge on any atom is -0.504 e. The standard InChI is InChI=1S/C76H52O46.C7H8N4O2/c77-32-1-22(2-33(78)53(32)92)67(103)113-47-16-27(11-42(87)58(47)97)66(102)112-21-52-63(119-72(108)28-12-43(88)59(98)48(17-28)114-68(104)23-3-34(79)54(93)35(80)4-23)64(120-73(109)29-13-44(89)60(99)49(18-29)115-69(105)24-5-36(81)55(94)37(82)6-24)65(121-74(110)30-14-45(90)61(100)50(19-30)116-70(106)25-7-38(83)56(95)39(84)8-25)76(118-52)122-75(111)31-15-46(91)62(101)51(20-31)117-71(107)26-9-40(85)57(96)41(86)10-26;1-10-5-4(8-3-9-5)6(12)11(2)7(10)13/h1-20,52,63-65,76-101H,21H2;3H,1-2H3,(H,8,9)/t52-,63-,64+,65-,76+;/m1./s1. The fraction of sp³-hybridized carbons (Fsp3) is 0.0964. The van der Waals surface area contributed by atoms with E-state index in [1.54, 1.807) is 7.05 Å². The van der Waals surface area contributed by atoms with Gasteiger partial charge in [0.15, 0.2) is 162 Å². The summed E-state index contributed by atoms with van der Waals surface area (Å²) in [4.78, 5) is 172. The van der Waals surface area contributed by atoms with Gasteiger partial charge in [0.1, 0.15) is 18.2 Å². The Labute approximate surface area is 743 Å². The first-order valence-electron chi connectivity index (χ1n) is 36.9. The van der Waals surface area contributed by atoms with Crippen LogP contribution in [0.3, 0.4) is 0 Å². The van der Waals surface area contributed by atoms with Crippen molar-refractivity contribution in [1.29, 1.82) is 0 Å². The van der Waals surface area contributed by atoms with E-state index in [1.807, 2.05) is 0 Å². The third-order valence-electron chi connectivity index (χ3n) is 18.9. The normalized spacial score (nSPS) is 14.3. The second-order valence-electron chi connectivity index (χ2n) is 27.9. The summed E-state index contributed by atoms with van der Waals surface area (Å²) in [5.41, 5.74) is -9.88. The number of fused-ring (bicyclic) bond motifs is 1. The molecule has 2 aromatic heterocycles. The lowest BCUT2D eigenvalue weighted by Crippen LogP contribution is -2.63. The number of imidazole rings is 1. The topological polar surface area (TPSA) is 851 Å². The molecule has 10 aromatic carbocycles. The lowest BCUT2D eigenvalue weighted by molar-refractivity contribution is -0.282. The van der Waals surface area contributed by atoms with E-state index in [0.717, 1.165) is 4.57 Å². The number of aromatic amines is 1. The van der Waals surface area contributed by atoms with Crippen molar-refractivity contribution in [1.82, 2.24) is 19.1 Å². The van der Waals surface area contributed by atoms with Crippen LogP contribution in [-0.4, -0.2) is 244 Å². The minimum atomic E-state index is -3.12. The Hall–Kier alpha value is -20.0. The average Bonchev–Trinajstić information content (AvgIpc) is 1.46. The van der Waals surface area contributed by atoms with Crippen molar-refractivity contribution in [2.75, 3.05) is 6.61 Å². The summed E-state index contributed by atoms with van der Waals surface area (Å²) in [7, 11) is 3.01. The predicted octanol–water partition coefficient (Wildman–Crippen LogP) is 3.80. The summed E-state index contributed by atoms with van der Waals surface area (Å²) in [6, 6.07) is 8.56. The molecule has 0 radical (unpaired) electrons. The average molecular weight is 1880 g/mol. The Bertz CT molecular complexity index is 7020. The molecule has 1 saturated heterocycles. The largest absolute Gasteiger partial charge is 0.504 e. The number of esters is 10. The molecule has 0 saturated carbocycles. The third-order valence-corrected chi connectivity index (χ3v) is 18.9. The molecule has 52 nitrogen and oxygen atoms in total. The number of ether oxygens (including phenoxy) is 11. The smallest absolute Gasteiger partial charge is 0.343 e. The lowest BCUT2D eigenvalue weighted by atomic mass is 9.97. The van der Waals surface area contributed by atoms with Gasteiger partial charge in [0.05, 0.1) is 62.0 Å². The number of aromatic hydroxyl groups is 25. The number of phenols is 25. The van der Waals surface area contributed by atoms with Gasteiger partial charge in [-0.25, -0.2) is 57.7 Å². The van der Waals surface area contributed by atoms with Gasteiger partial charge in [-0.1, -0.05) is 0 Å². The molecule has 700 valence electrons. The van der Waals surface area contributed by atoms with Crippen molar-refractivity contribution >= 4 is 70.9 Å². The van der Waals surface area contributed by atoms with Gasteiger partial charge in [0.25, 0.3) is 5.56 Å². The number of aryl methyl sites for hydroxylation is 1. The molecule has 1 aliphatic rings. The highest BCUT2D eigenvalue weighted by atomic mass is 16.8. The number of carbonyl (C=O) groups excluding carboxylic acids is 10. The Morgan fingerprint density at radius 3 is 0.778 bits per heavy atom. The molecule has 0 bridgehead atoms. The second-order valence-corrected chi connectivity index (χ2v) is 27.9. The van der Waals surface area contributed by atoms with Crippen molar-refractivity contribution in [3.05, 3.63) is 204 Å². The molecule has 52 heteroatoms. The highest BCUT2D eigenvalue weighted by Crippen LogP contribution is 2.48. The Morgan fingerprint density at radius 1 is 0.289 bits per heavy atom.